The minimum absolute atomic E-state index is 0.120. The topological polar surface area (TPSA) is 84.2 Å². The van der Waals surface area contributed by atoms with E-state index >= 15 is 0 Å². The van der Waals surface area contributed by atoms with Crippen LogP contribution >= 0.6 is 0 Å². The SMILES string of the molecule is CCn1cc(S(=O)(=O)Nc2cc(C)cc(C)n2)cc1CO. The van der Waals surface area contributed by atoms with Crippen LogP contribution < -0.4 is 4.72 Å². The van der Waals surface area contributed by atoms with E-state index in [4.69, 9.17) is 0 Å². The van der Waals surface area contributed by atoms with Crippen molar-refractivity contribution in [2.24, 2.45) is 0 Å². The molecule has 0 bridgehead atoms. The van der Waals surface area contributed by atoms with Crippen molar-refractivity contribution in [1.82, 2.24) is 9.55 Å². The molecule has 0 fully saturated rings. The van der Waals surface area contributed by atoms with Gasteiger partial charge in [-0.15, -0.1) is 0 Å². The molecule has 0 unspecified atom stereocenters. The summed E-state index contributed by atoms with van der Waals surface area (Å²) in [4.78, 5) is 4.29. The molecule has 0 saturated carbocycles. The molecule has 0 aliphatic carbocycles. The van der Waals surface area contributed by atoms with Crippen LogP contribution in [0.5, 0.6) is 0 Å². The smallest absolute Gasteiger partial charge is 0.264 e. The molecule has 0 aromatic carbocycles. The Morgan fingerprint density at radius 1 is 1.29 bits per heavy atom. The first-order valence-corrected chi connectivity index (χ1v) is 8.12. The summed E-state index contributed by atoms with van der Waals surface area (Å²) >= 11 is 0. The van der Waals surface area contributed by atoms with Crippen molar-refractivity contribution >= 4 is 15.8 Å². The molecule has 0 radical (unpaired) electrons. The molecule has 2 aromatic heterocycles. The first-order valence-electron chi connectivity index (χ1n) is 6.63. The Balaban J connectivity index is 2.35. The van der Waals surface area contributed by atoms with Gasteiger partial charge in [-0.05, 0) is 44.5 Å². The van der Waals surface area contributed by atoms with Crippen LogP contribution in [0.2, 0.25) is 0 Å². The van der Waals surface area contributed by atoms with Crippen LogP contribution in [0.25, 0.3) is 0 Å². The van der Waals surface area contributed by atoms with Gasteiger partial charge in [0.05, 0.1) is 6.61 Å². The van der Waals surface area contributed by atoms with Crippen molar-refractivity contribution in [2.75, 3.05) is 4.72 Å². The van der Waals surface area contributed by atoms with Crippen molar-refractivity contribution in [3.05, 3.63) is 41.3 Å². The summed E-state index contributed by atoms with van der Waals surface area (Å²) in [5.74, 6) is 0.294. The number of rotatable bonds is 5. The van der Waals surface area contributed by atoms with Crippen molar-refractivity contribution in [2.45, 2.75) is 38.8 Å². The molecule has 2 N–H and O–H groups in total. The van der Waals surface area contributed by atoms with Crippen LogP contribution in [-0.4, -0.2) is 23.1 Å². The van der Waals surface area contributed by atoms with E-state index in [-0.39, 0.29) is 11.5 Å². The molecule has 0 amide bonds. The lowest BCUT2D eigenvalue weighted by Crippen LogP contribution is -2.13. The van der Waals surface area contributed by atoms with Gasteiger partial charge < -0.3 is 9.67 Å². The summed E-state index contributed by atoms with van der Waals surface area (Å²) in [6, 6.07) is 5.01. The summed E-state index contributed by atoms with van der Waals surface area (Å²) in [6.07, 6.45) is 1.51. The van der Waals surface area contributed by atoms with E-state index in [2.05, 4.69) is 9.71 Å². The van der Waals surface area contributed by atoms with Gasteiger partial charge in [-0.3, -0.25) is 4.72 Å². The quantitative estimate of drug-likeness (QED) is 0.882. The lowest BCUT2D eigenvalue weighted by Gasteiger charge is -2.07. The first kappa shape index (κ1) is 15.5. The molecule has 2 heterocycles. The largest absolute Gasteiger partial charge is 0.390 e. The normalized spacial score (nSPS) is 11.6. The average Bonchev–Trinajstić information content (AvgIpc) is 2.80. The van der Waals surface area contributed by atoms with E-state index in [0.717, 1.165) is 11.3 Å². The monoisotopic (exact) mass is 309 g/mol. The standard InChI is InChI=1S/C14H19N3O3S/c1-4-17-8-13(7-12(17)9-18)21(19,20)16-14-6-10(2)5-11(3)15-14/h5-8,18H,4,9H2,1-3H3,(H,15,16). The van der Waals surface area contributed by atoms with Gasteiger partial charge in [-0.1, -0.05) is 0 Å². The molecular formula is C14H19N3O3S. The molecule has 0 aliphatic rings. The van der Waals surface area contributed by atoms with Crippen LogP contribution in [0.1, 0.15) is 23.9 Å². The molecule has 7 heteroatoms. The Morgan fingerprint density at radius 2 is 2.00 bits per heavy atom. The number of sulfonamides is 1. The molecule has 0 spiro atoms. The zero-order valence-corrected chi connectivity index (χ0v) is 13.1. The number of nitrogens with one attached hydrogen (secondary N) is 1. The van der Waals surface area contributed by atoms with Crippen LogP contribution in [-0.2, 0) is 23.2 Å². The number of aromatic nitrogens is 2. The van der Waals surface area contributed by atoms with E-state index in [1.54, 1.807) is 10.6 Å². The maximum atomic E-state index is 12.4. The Labute approximate surface area is 124 Å². The van der Waals surface area contributed by atoms with Crippen LogP contribution in [0.4, 0.5) is 5.82 Å². The van der Waals surface area contributed by atoms with Crippen molar-refractivity contribution in [1.29, 1.82) is 0 Å². The van der Waals surface area contributed by atoms with Crippen molar-refractivity contribution in [3.8, 4) is 0 Å². The highest BCUT2D eigenvalue weighted by Gasteiger charge is 2.18. The van der Waals surface area contributed by atoms with Gasteiger partial charge in [-0.25, -0.2) is 13.4 Å². The summed E-state index contributed by atoms with van der Waals surface area (Å²) in [7, 11) is -3.71. The second kappa shape index (κ2) is 5.87. The molecule has 0 atom stereocenters. The zero-order chi connectivity index (χ0) is 15.6. The fourth-order valence-corrected chi connectivity index (χ4v) is 3.24. The van der Waals surface area contributed by atoms with Gasteiger partial charge in [-0.2, -0.15) is 0 Å². The van der Waals surface area contributed by atoms with Gasteiger partial charge >= 0.3 is 0 Å². The van der Waals surface area contributed by atoms with Gasteiger partial charge in [0, 0.05) is 24.1 Å². The minimum Gasteiger partial charge on any atom is -0.390 e. The third-order valence-electron chi connectivity index (χ3n) is 3.11. The van der Waals surface area contributed by atoms with E-state index in [0.29, 0.717) is 18.1 Å². The van der Waals surface area contributed by atoms with Gasteiger partial charge in [0.2, 0.25) is 0 Å². The van der Waals surface area contributed by atoms with E-state index in [1.165, 1.54) is 12.3 Å². The number of anilines is 1. The van der Waals surface area contributed by atoms with Gasteiger partial charge in [0.1, 0.15) is 10.7 Å². The Hall–Kier alpha value is -1.86. The fraction of sp³-hybridized carbons (Fsp3) is 0.357. The summed E-state index contributed by atoms with van der Waals surface area (Å²) in [6.45, 7) is 5.96. The second-order valence-electron chi connectivity index (χ2n) is 4.89. The highest BCUT2D eigenvalue weighted by Crippen LogP contribution is 2.19. The second-order valence-corrected chi connectivity index (χ2v) is 6.57. The van der Waals surface area contributed by atoms with E-state index in [1.807, 2.05) is 26.8 Å². The third kappa shape index (κ3) is 3.43. The molecule has 2 rings (SSSR count). The van der Waals surface area contributed by atoms with E-state index in [9.17, 15) is 13.5 Å². The summed E-state index contributed by atoms with van der Waals surface area (Å²) < 4.78 is 28.9. The van der Waals surface area contributed by atoms with Crippen LogP contribution in [0.15, 0.2) is 29.3 Å². The number of nitrogens with zero attached hydrogens (tertiary/aromatic N) is 2. The Morgan fingerprint density at radius 3 is 2.52 bits per heavy atom. The zero-order valence-electron chi connectivity index (χ0n) is 12.3. The predicted octanol–water partition coefficient (Wildman–Crippen LogP) is 1.81. The van der Waals surface area contributed by atoms with Gasteiger partial charge in [0.15, 0.2) is 0 Å². The summed E-state index contributed by atoms with van der Waals surface area (Å²) in [5.41, 5.74) is 2.24. The maximum absolute atomic E-state index is 12.4. The predicted molar refractivity (Wildman–Crippen MR) is 80.5 cm³/mol. The highest BCUT2D eigenvalue weighted by molar-refractivity contribution is 7.92. The van der Waals surface area contributed by atoms with E-state index < -0.39 is 10.0 Å². The number of pyridine rings is 1. The molecule has 2 aromatic rings. The number of hydrogen-bond acceptors (Lipinski definition) is 4. The molecule has 0 aliphatic heterocycles. The number of hydrogen-bond donors (Lipinski definition) is 2. The molecule has 21 heavy (non-hydrogen) atoms. The van der Waals surface area contributed by atoms with Gasteiger partial charge in [0.25, 0.3) is 10.0 Å². The lowest BCUT2D eigenvalue weighted by atomic mass is 10.2. The third-order valence-corrected chi connectivity index (χ3v) is 4.43. The molecule has 0 saturated heterocycles. The van der Waals surface area contributed by atoms with Crippen LogP contribution in [0.3, 0.4) is 0 Å². The Kier molecular flexibility index (Phi) is 4.34. The maximum Gasteiger partial charge on any atom is 0.264 e. The summed E-state index contributed by atoms with van der Waals surface area (Å²) in [5, 5.41) is 9.24. The fourth-order valence-electron chi connectivity index (χ4n) is 2.19. The van der Waals surface area contributed by atoms with Crippen molar-refractivity contribution < 1.29 is 13.5 Å². The van der Waals surface area contributed by atoms with Crippen LogP contribution in [0, 0.1) is 13.8 Å². The number of aliphatic hydroxyl groups is 1. The molecule has 6 nitrogen and oxygen atoms in total. The molecular weight excluding hydrogens is 290 g/mol. The highest BCUT2D eigenvalue weighted by atomic mass is 32.2. The van der Waals surface area contributed by atoms with Crippen molar-refractivity contribution in [3.63, 3.8) is 0 Å². The first-order chi connectivity index (χ1) is 9.85. The molecule has 114 valence electrons. The minimum atomic E-state index is -3.71. The Bertz CT molecular complexity index is 709. The average molecular weight is 309 g/mol. The number of aliphatic hydroxyl groups excluding tert-OH is 1. The number of aryl methyl sites for hydroxylation is 3. The lowest BCUT2D eigenvalue weighted by molar-refractivity contribution is 0.271.